The van der Waals surface area contributed by atoms with Gasteiger partial charge in [-0.1, -0.05) is 6.07 Å². The van der Waals surface area contributed by atoms with Gasteiger partial charge >= 0.3 is 0 Å². The summed E-state index contributed by atoms with van der Waals surface area (Å²) in [5.74, 6) is 0.560. The Hall–Kier alpha value is -1.95. The summed E-state index contributed by atoms with van der Waals surface area (Å²) in [5, 5.41) is 22.6. The third-order valence-electron chi connectivity index (χ3n) is 3.44. The molecule has 0 bridgehead atoms. The Labute approximate surface area is 104 Å². The van der Waals surface area contributed by atoms with Gasteiger partial charge in [0, 0.05) is 12.1 Å². The zero-order chi connectivity index (χ0) is 12.8. The van der Waals surface area contributed by atoms with Crippen LogP contribution < -0.4 is 5.73 Å². The van der Waals surface area contributed by atoms with Gasteiger partial charge in [-0.2, -0.15) is 4.80 Å². The number of aromatic nitrogens is 4. The summed E-state index contributed by atoms with van der Waals surface area (Å²) in [5.41, 5.74) is 7.64. The van der Waals surface area contributed by atoms with Crippen molar-refractivity contribution in [3.63, 3.8) is 0 Å². The Morgan fingerprint density at radius 1 is 1.50 bits per heavy atom. The van der Waals surface area contributed by atoms with Gasteiger partial charge in [0.2, 0.25) is 0 Å². The van der Waals surface area contributed by atoms with Crippen LogP contribution in [0.4, 0.5) is 5.69 Å². The van der Waals surface area contributed by atoms with Gasteiger partial charge in [0.1, 0.15) is 0 Å². The molecule has 18 heavy (non-hydrogen) atoms. The SMILES string of the molecule is Cn1nnc(CC2(O)CCc3cc(N)ccc32)n1. The lowest BCUT2D eigenvalue weighted by Gasteiger charge is -2.22. The van der Waals surface area contributed by atoms with Gasteiger partial charge in [0.05, 0.1) is 12.6 Å². The van der Waals surface area contributed by atoms with E-state index < -0.39 is 5.60 Å². The highest BCUT2D eigenvalue weighted by Crippen LogP contribution is 2.39. The molecule has 3 N–H and O–H groups in total. The topological polar surface area (TPSA) is 89.8 Å². The van der Waals surface area contributed by atoms with Crippen LogP contribution in [-0.4, -0.2) is 25.3 Å². The van der Waals surface area contributed by atoms with Gasteiger partial charge in [0.25, 0.3) is 0 Å². The van der Waals surface area contributed by atoms with Crippen molar-refractivity contribution in [2.45, 2.75) is 24.9 Å². The first-order valence-corrected chi connectivity index (χ1v) is 5.91. The molecule has 0 fully saturated rings. The largest absolute Gasteiger partial charge is 0.399 e. The van der Waals surface area contributed by atoms with Crippen LogP contribution in [0.2, 0.25) is 0 Å². The lowest BCUT2D eigenvalue weighted by molar-refractivity contribution is 0.0368. The summed E-state index contributed by atoms with van der Waals surface area (Å²) in [7, 11) is 1.71. The minimum Gasteiger partial charge on any atom is -0.399 e. The molecule has 1 unspecified atom stereocenters. The fraction of sp³-hybridized carbons (Fsp3) is 0.417. The molecule has 1 aromatic heterocycles. The van der Waals surface area contributed by atoms with Gasteiger partial charge in [-0.15, -0.1) is 10.2 Å². The Balaban J connectivity index is 1.94. The molecule has 0 saturated heterocycles. The zero-order valence-electron chi connectivity index (χ0n) is 10.2. The molecule has 0 spiro atoms. The summed E-state index contributed by atoms with van der Waals surface area (Å²) in [4.78, 5) is 1.40. The smallest absolute Gasteiger partial charge is 0.178 e. The Kier molecular flexibility index (Phi) is 2.34. The van der Waals surface area contributed by atoms with Gasteiger partial charge in [-0.25, -0.2) is 0 Å². The molecule has 0 amide bonds. The number of tetrazole rings is 1. The molecule has 1 atom stereocenters. The molecule has 0 radical (unpaired) electrons. The van der Waals surface area contributed by atoms with E-state index in [1.807, 2.05) is 18.2 Å². The highest BCUT2D eigenvalue weighted by atomic mass is 16.3. The molecule has 6 nitrogen and oxygen atoms in total. The third kappa shape index (κ3) is 1.74. The Morgan fingerprint density at radius 3 is 3.06 bits per heavy atom. The number of fused-ring (bicyclic) bond motifs is 1. The number of nitrogens with zero attached hydrogens (tertiary/aromatic N) is 4. The number of aliphatic hydroxyl groups is 1. The molecule has 3 rings (SSSR count). The fourth-order valence-electron chi connectivity index (χ4n) is 2.59. The van der Waals surface area contributed by atoms with Crippen molar-refractivity contribution in [3.05, 3.63) is 35.2 Å². The summed E-state index contributed by atoms with van der Waals surface area (Å²) in [6.45, 7) is 0. The van der Waals surface area contributed by atoms with Crippen molar-refractivity contribution >= 4 is 5.69 Å². The molecular formula is C12H15N5O. The lowest BCUT2D eigenvalue weighted by Crippen LogP contribution is -2.26. The molecule has 1 heterocycles. The minimum atomic E-state index is -0.897. The normalized spacial score (nSPS) is 22.1. The quantitative estimate of drug-likeness (QED) is 0.736. The van der Waals surface area contributed by atoms with Crippen molar-refractivity contribution in [3.8, 4) is 0 Å². The summed E-state index contributed by atoms with van der Waals surface area (Å²) >= 11 is 0. The number of benzene rings is 1. The van der Waals surface area contributed by atoms with E-state index in [2.05, 4.69) is 15.4 Å². The van der Waals surface area contributed by atoms with E-state index in [9.17, 15) is 5.11 Å². The zero-order valence-corrected chi connectivity index (χ0v) is 10.2. The molecule has 1 aliphatic carbocycles. The van der Waals surface area contributed by atoms with Crippen molar-refractivity contribution in [1.82, 2.24) is 20.2 Å². The molecule has 1 aromatic carbocycles. The number of hydrogen-bond acceptors (Lipinski definition) is 5. The number of rotatable bonds is 2. The van der Waals surface area contributed by atoms with Crippen LogP contribution in [0, 0.1) is 0 Å². The predicted molar refractivity (Wildman–Crippen MR) is 65.6 cm³/mol. The van der Waals surface area contributed by atoms with Gasteiger partial charge < -0.3 is 10.8 Å². The number of nitrogen functional groups attached to an aromatic ring is 1. The van der Waals surface area contributed by atoms with E-state index in [4.69, 9.17) is 5.73 Å². The first-order chi connectivity index (χ1) is 8.57. The van der Waals surface area contributed by atoms with Gasteiger partial charge in [-0.3, -0.25) is 0 Å². The maximum Gasteiger partial charge on any atom is 0.178 e. The number of anilines is 1. The maximum atomic E-state index is 10.7. The summed E-state index contributed by atoms with van der Waals surface area (Å²) in [6.07, 6.45) is 1.89. The van der Waals surface area contributed by atoms with Crippen LogP contribution in [-0.2, 0) is 25.5 Å². The summed E-state index contributed by atoms with van der Waals surface area (Å²) < 4.78 is 0. The second-order valence-electron chi connectivity index (χ2n) is 4.82. The second kappa shape index (κ2) is 3.78. The van der Waals surface area contributed by atoms with E-state index >= 15 is 0 Å². The van der Waals surface area contributed by atoms with Gasteiger partial charge in [-0.05, 0) is 41.3 Å². The molecule has 94 valence electrons. The van der Waals surface area contributed by atoms with Crippen LogP contribution in [0.1, 0.15) is 23.4 Å². The van der Waals surface area contributed by atoms with Crippen molar-refractivity contribution in [2.75, 3.05) is 5.73 Å². The first-order valence-electron chi connectivity index (χ1n) is 5.91. The van der Waals surface area contributed by atoms with Crippen LogP contribution in [0.3, 0.4) is 0 Å². The predicted octanol–water partition coefficient (Wildman–Crippen LogP) is 0.169. The Bertz CT molecular complexity index is 594. The Morgan fingerprint density at radius 2 is 2.33 bits per heavy atom. The van der Waals surface area contributed by atoms with E-state index in [-0.39, 0.29) is 0 Å². The van der Waals surface area contributed by atoms with Gasteiger partial charge in [0.15, 0.2) is 5.82 Å². The highest BCUT2D eigenvalue weighted by molar-refractivity contribution is 5.49. The molecule has 1 aliphatic rings. The average molecular weight is 245 g/mol. The van der Waals surface area contributed by atoms with E-state index in [0.29, 0.717) is 18.7 Å². The van der Waals surface area contributed by atoms with Crippen LogP contribution >= 0.6 is 0 Å². The highest BCUT2D eigenvalue weighted by Gasteiger charge is 2.37. The maximum absolute atomic E-state index is 10.7. The van der Waals surface area contributed by atoms with Crippen molar-refractivity contribution in [2.24, 2.45) is 7.05 Å². The minimum absolute atomic E-state index is 0.387. The van der Waals surface area contributed by atoms with Crippen LogP contribution in [0.5, 0.6) is 0 Å². The lowest BCUT2D eigenvalue weighted by atomic mass is 9.92. The molecule has 2 aromatic rings. The van der Waals surface area contributed by atoms with E-state index in [1.54, 1.807) is 7.05 Å². The van der Waals surface area contributed by atoms with Crippen molar-refractivity contribution < 1.29 is 5.11 Å². The molecule has 0 saturated carbocycles. The van der Waals surface area contributed by atoms with Crippen LogP contribution in [0.15, 0.2) is 18.2 Å². The number of aryl methyl sites for hydroxylation is 2. The molecule has 0 aliphatic heterocycles. The number of hydrogen-bond donors (Lipinski definition) is 2. The van der Waals surface area contributed by atoms with E-state index in [0.717, 1.165) is 23.2 Å². The van der Waals surface area contributed by atoms with E-state index in [1.165, 1.54) is 4.80 Å². The molecular weight excluding hydrogens is 230 g/mol. The fourth-order valence-corrected chi connectivity index (χ4v) is 2.59. The third-order valence-corrected chi connectivity index (χ3v) is 3.44. The van der Waals surface area contributed by atoms with Crippen LogP contribution in [0.25, 0.3) is 0 Å². The summed E-state index contributed by atoms with van der Waals surface area (Å²) in [6, 6.07) is 5.64. The number of nitrogens with two attached hydrogens (primary N) is 1. The standard InChI is InChI=1S/C12H15N5O/c1-17-15-11(14-16-17)7-12(18)5-4-8-6-9(13)2-3-10(8)12/h2-3,6,18H,4-5,7,13H2,1H3. The average Bonchev–Trinajstić information content (AvgIpc) is 2.84. The first kappa shape index (κ1) is 11.2. The monoisotopic (exact) mass is 245 g/mol. The van der Waals surface area contributed by atoms with Crippen molar-refractivity contribution in [1.29, 1.82) is 0 Å². The second-order valence-corrected chi connectivity index (χ2v) is 4.82. The molecule has 6 heteroatoms.